The van der Waals surface area contributed by atoms with E-state index in [1.54, 1.807) is 0 Å². The molecule has 5 rings (SSSR count). The maximum absolute atomic E-state index is 5.53. The Labute approximate surface area is 160 Å². The van der Waals surface area contributed by atoms with Gasteiger partial charge in [-0.2, -0.15) is 0 Å². The van der Waals surface area contributed by atoms with E-state index in [0.29, 0.717) is 5.92 Å². The van der Waals surface area contributed by atoms with Crippen molar-refractivity contribution in [3.05, 3.63) is 71.3 Å². The van der Waals surface area contributed by atoms with Crippen molar-refractivity contribution in [2.24, 2.45) is 0 Å². The lowest BCUT2D eigenvalue weighted by atomic mass is 9.77. The molecule has 0 saturated carbocycles. The molecule has 1 atom stereocenters. The van der Waals surface area contributed by atoms with Gasteiger partial charge in [-0.3, -0.25) is 0 Å². The van der Waals surface area contributed by atoms with E-state index in [1.807, 2.05) is 0 Å². The molecule has 1 saturated heterocycles. The van der Waals surface area contributed by atoms with Gasteiger partial charge in [0, 0.05) is 43.0 Å². The number of rotatable bonds is 5. The van der Waals surface area contributed by atoms with Gasteiger partial charge in [0.15, 0.2) is 0 Å². The number of aromatic nitrogens is 1. The Hall–Kier alpha value is -2.43. The van der Waals surface area contributed by atoms with Crippen LogP contribution in [0.5, 0.6) is 0 Å². The van der Waals surface area contributed by atoms with Crippen LogP contribution >= 0.6 is 0 Å². The molecule has 1 aliphatic heterocycles. The molecule has 0 radical (unpaired) electrons. The van der Waals surface area contributed by atoms with Gasteiger partial charge in [0.25, 0.3) is 0 Å². The third-order valence-corrected chi connectivity index (χ3v) is 5.76. The van der Waals surface area contributed by atoms with Crippen LogP contribution in [0.15, 0.2) is 54.6 Å². The first-order valence-corrected chi connectivity index (χ1v) is 9.88. The molecule has 3 aromatic rings. The van der Waals surface area contributed by atoms with E-state index in [4.69, 9.17) is 9.72 Å². The number of hydrogen-bond acceptors (Lipinski definition) is 4. The highest BCUT2D eigenvalue weighted by molar-refractivity contribution is 5.81. The Morgan fingerprint density at radius 3 is 2.74 bits per heavy atom. The summed E-state index contributed by atoms with van der Waals surface area (Å²) in [6, 6.07) is 19.5. The monoisotopic (exact) mass is 359 g/mol. The minimum Gasteiger partial charge on any atom is -0.378 e. The smallest absolute Gasteiger partial charge is 0.133 e. The van der Waals surface area contributed by atoms with Crippen LogP contribution in [0, 0.1) is 0 Å². The fourth-order valence-corrected chi connectivity index (χ4v) is 4.25. The molecular weight excluding hydrogens is 334 g/mol. The van der Waals surface area contributed by atoms with Crippen LogP contribution in [0.1, 0.15) is 22.6 Å². The third kappa shape index (κ3) is 3.31. The van der Waals surface area contributed by atoms with Crippen molar-refractivity contribution in [1.29, 1.82) is 0 Å². The van der Waals surface area contributed by atoms with Gasteiger partial charge in [-0.25, -0.2) is 4.98 Å². The Balaban J connectivity index is 1.35. The molecular formula is C23H25N3O. The normalized spacial score (nSPS) is 19.0. The molecule has 27 heavy (non-hydrogen) atoms. The van der Waals surface area contributed by atoms with E-state index < -0.39 is 0 Å². The van der Waals surface area contributed by atoms with Crippen molar-refractivity contribution >= 4 is 16.7 Å². The first kappa shape index (κ1) is 16.7. The molecule has 1 fully saturated rings. The van der Waals surface area contributed by atoms with Gasteiger partial charge in [-0.15, -0.1) is 0 Å². The SMILES string of the molecule is c1ccc2c(c1)CC2CNCc1cc2ccccc2nc1N1CCOCC1. The number of nitrogens with zero attached hydrogens (tertiary/aromatic N) is 2. The van der Waals surface area contributed by atoms with Crippen LogP contribution in [-0.2, 0) is 17.7 Å². The predicted octanol–water partition coefficient (Wildman–Crippen LogP) is 3.50. The van der Waals surface area contributed by atoms with E-state index in [-0.39, 0.29) is 0 Å². The van der Waals surface area contributed by atoms with Gasteiger partial charge in [0.2, 0.25) is 0 Å². The molecule has 4 nitrogen and oxygen atoms in total. The summed E-state index contributed by atoms with van der Waals surface area (Å²) in [4.78, 5) is 7.36. The van der Waals surface area contributed by atoms with Gasteiger partial charge in [0.1, 0.15) is 5.82 Å². The first-order valence-electron chi connectivity index (χ1n) is 9.88. The highest BCUT2D eigenvalue weighted by Gasteiger charge is 2.25. The van der Waals surface area contributed by atoms with Gasteiger partial charge in [-0.1, -0.05) is 42.5 Å². The zero-order valence-electron chi connectivity index (χ0n) is 15.5. The second kappa shape index (κ2) is 7.29. The zero-order chi connectivity index (χ0) is 18.1. The zero-order valence-corrected chi connectivity index (χ0v) is 15.5. The third-order valence-electron chi connectivity index (χ3n) is 5.76. The number of ether oxygens (including phenoxy) is 1. The van der Waals surface area contributed by atoms with Gasteiger partial charge in [0.05, 0.1) is 18.7 Å². The van der Waals surface area contributed by atoms with Gasteiger partial charge in [-0.05, 0) is 29.7 Å². The first-order chi connectivity index (χ1) is 13.4. The van der Waals surface area contributed by atoms with Crippen LogP contribution < -0.4 is 10.2 Å². The average molecular weight is 359 g/mol. The molecule has 1 aliphatic carbocycles. The summed E-state index contributed by atoms with van der Waals surface area (Å²) in [5, 5.41) is 4.90. The molecule has 1 N–H and O–H groups in total. The van der Waals surface area contributed by atoms with Crippen molar-refractivity contribution < 1.29 is 4.74 Å². The highest BCUT2D eigenvalue weighted by Crippen LogP contribution is 2.34. The van der Waals surface area contributed by atoms with E-state index in [1.165, 1.54) is 28.5 Å². The van der Waals surface area contributed by atoms with Crippen molar-refractivity contribution in [2.75, 3.05) is 37.7 Å². The topological polar surface area (TPSA) is 37.4 Å². The summed E-state index contributed by atoms with van der Waals surface area (Å²) in [6.07, 6.45) is 1.19. The molecule has 1 unspecified atom stereocenters. The molecule has 0 bridgehead atoms. The number of hydrogen-bond donors (Lipinski definition) is 1. The maximum Gasteiger partial charge on any atom is 0.133 e. The quantitative estimate of drug-likeness (QED) is 0.757. The van der Waals surface area contributed by atoms with Crippen LogP contribution in [-0.4, -0.2) is 37.8 Å². The van der Waals surface area contributed by atoms with Crippen LogP contribution in [0.2, 0.25) is 0 Å². The van der Waals surface area contributed by atoms with Crippen LogP contribution in [0.25, 0.3) is 10.9 Å². The molecule has 2 heterocycles. The number of para-hydroxylation sites is 1. The fourth-order valence-electron chi connectivity index (χ4n) is 4.25. The molecule has 2 aromatic carbocycles. The van der Waals surface area contributed by atoms with E-state index in [0.717, 1.165) is 50.7 Å². The molecule has 1 aromatic heterocycles. The largest absolute Gasteiger partial charge is 0.378 e. The minimum absolute atomic E-state index is 0.640. The molecule has 2 aliphatic rings. The standard InChI is InChI=1S/C23H25N3O/c1-3-7-21-17(5-1)13-19(21)15-24-16-20-14-18-6-2-4-8-22(18)25-23(20)26-9-11-27-12-10-26/h1-8,14,19,24H,9-13,15-16H2. The minimum atomic E-state index is 0.640. The van der Waals surface area contributed by atoms with Crippen molar-refractivity contribution in [3.63, 3.8) is 0 Å². The van der Waals surface area contributed by atoms with Crippen molar-refractivity contribution in [1.82, 2.24) is 10.3 Å². The van der Waals surface area contributed by atoms with E-state index >= 15 is 0 Å². The predicted molar refractivity (Wildman–Crippen MR) is 109 cm³/mol. The number of pyridine rings is 1. The molecule has 138 valence electrons. The van der Waals surface area contributed by atoms with E-state index in [9.17, 15) is 0 Å². The number of fused-ring (bicyclic) bond motifs is 2. The number of morpholine rings is 1. The lowest BCUT2D eigenvalue weighted by Gasteiger charge is -2.31. The summed E-state index contributed by atoms with van der Waals surface area (Å²) in [5.41, 5.74) is 5.36. The summed E-state index contributed by atoms with van der Waals surface area (Å²) in [7, 11) is 0. The Kier molecular flexibility index (Phi) is 4.52. The summed E-state index contributed by atoms with van der Waals surface area (Å²) >= 11 is 0. The average Bonchev–Trinajstić information content (AvgIpc) is 2.71. The Bertz CT molecular complexity index is 949. The lowest BCUT2D eigenvalue weighted by Crippen LogP contribution is -2.38. The van der Waals surface area contributed by atoms with Crippen molar-refractivity contribution in [3.8, 4) is 0 Å². The van der Waals surface area contributed by atoms with Crippen molar-refractivity contribution in [2.45, 2.75) is 18.9 Å². The lowest BCUT2D eigenvalue weighted by molar-refractivity contribution is 0.122. The Morgan fingerprint density at radius 2 is 1.85 bits per heavy atom. The van der Waals surface area contributed by atoms with Gasteiger partial charge >= 0.3 is 0 Å². The number of anilines is 1. The second-order valence-electron chi connectivity index (χ2n) is 7.49. The molecule has 0 spiro atoms. The second-order valence-corrected chi connectivity index (χ2v) is 7.49. The fraction of sp³-hybridized carbons (Fsp3) is 0.348. The summed E-state index contributed by atoms with van der Waals surface area (Å²) in [6.45, 7) is 5.25. The van der Waals surface area contributed by atoms with Crippen LogP contribution in [0.3, 0.4) is 0 Å². The molecule has 4 heteroatoms. The number of benzene rings is 2. The maximum atomic E-state index is 5.53. The highest BCUT2D eigenvalue weighted by atomic mass is 16.5. The number of nitrogens with one attached hydrogen (secondary N) is 1. The summed E-state index contributed by atoms with van der Waals surface area (Å²) in [5.74, 6) is 1.75. The van der Waals surface area contributed by atoms with Crippen LogP contribution in [0.4, 0.5) is 5.82 Å². The van der Waals surface area contributed by atoms with Gasteiger partial charge < -0.3 is 15.0 Å². The Morgan fingerprint density at radius 1 is 1.04 bits per heavy atom. The molecule has 0 amide bonds. The summed E-state index contributed by atoms with van der Waals surface area (Å²) < 4.78 is 5.53. The van der Waals surface area contributed by atoms with E-state index in [2.05, 4.69) is 64.8 Å².